The third kappa shape index (κ3) is 2.99. The summed E-state index contributed by atoms with van der Waals surface area (Å²) in [5.41, 5.74) is -0.249. The molecule has 2 rings (SSSR count). The van der Waals surface area contributed by atoms with Gasteiger partial charge in [0.25, 0.3) is 0 Å². The molecule has 1 N–H and O–H groups in total. The third-order valence-corrected chi connectivity index (χ3v) is 3.96. The molecule has 0 aromatic rings. The second kappa shape index (κ2) is 4.94. The smallest absolute Gasteiger partial charge is 0.229 e. The van der Waals surface area contributed by atoms with E-state index in [0.29, 0.717) is 11.8 Å². The Bertz CT molecular complexity index is 290. The van der Waals surface area contributed by atoms with Crippen LogP contribution in [-0.4, -0.2) is 62.0 Å². The molecule has 0 saturated carbocycles. The minimum absolute atomic E-state index is 0.249. The molecule has 1 unspecified atom stereocenters. The number of nitrogens with one attached hydrogen (secondary N) is 1. The van der Waals surface area contributed by atoms with Crippen LogP contribution < -0.4 is 5.32 Å². The van der Waals surface area contributed by atoms with Crippen LogP contribution in [0.5, 0.6) is 0 Å². The maximum Gasteiger partial charge on any atom is 0.229 e. The van der Waals surface area contributed by atoms with E-state index in [1.165, 1.54) is 13.0 Å². The SMILES string of the molecule is CN1CCC(CN2CCNCC(C)(C)C2=O)C1. The Labute approximate surface area is 104 Å². The van der Waals surface area contributed by atoms with Gasteiger partial charge in [0.1, 0.15) is 0 Å². The van der Waals surface area contributed by atoms with Crippen LogP contribution in [0.1, 0.15) is 20.3 Å². The topological polar surface area (TPSA) is 35.6 Å². The van der Waals surface area contributed by atoms with Gasteiger partial charge >= 0.3 is 0 Å². The largest absolute Gasteiger partial charge is 0.341 e. The summed E-state index contributed by atoms with van der Waals surface area (Å²) in [6.07, 6.45) is 1.23. The normalized spacial score (nSPS) is 30.6. The molecule has 0 bridgehead atoms. The Balaban J connectivity index is 1.96. The van der Waals surface area contributed by atoms with Crippen LogP contribution in [-0.2, 0) is 4.79 Å². The first-order valence-corrected chi connectivity index (χ1v) is 6.68. The molecule has 0 spiro atoms. The zero-order valence-electron chi connectivity index (χ0n) is 11.3. The second-order valence-corrected chi connectivity index (χ2v) is 6.23. The second-order valence-electron chi connectivity index (χ2n) is 6.23. The quantitative estimate of drug-likeness (QED) is 0.757. The van der Waals surface area contributed by atoms with Crippen molar-refractivity contribution in [2.24, 2.45) is 11.3 Å². The lowest BCUT2D eigenvalue weighted by atomic mass is 9.91. The molecule has 2 saturated heterocycles. The summed E-state index contributed by atoms with van der Waals surface area (Å²) in [4.78, 5) is 16.8. The Kier molecular flexibility index (Phi) is 3.73. The lowest BCUT2D eigenvalue weighted by molar-refractivity contribution is -0.139. The van der Waals surface area contributed by atoms with Crippen LogP contribution in [0.3, 0.4) is 0 Å². The van der Waals surface area contributed by atoms with Crippen molar-refractivity contribution in [2.45, 2.75) is 20.3 Å². The van der Waals surface area contributed by atoms with E-state index in [9.17, 15) is 4.79 Å². The van der Waals surface area contributed by atoms with Gasteiger partial charge in [-0.15, -0.1) is 0 Å². The Hall–Kier alpha value is -0.610. The van der Waals surface area contributed by atoms with Gasteiger partial charge in [-0.25, -0.2) is 0 Å². The van der Waals surface area contributed by atoms with Crippen molar-refractivity contribution < 1.29 is 4.79 Å². The van der Waals surface area contributed by atoms with Gasteiger partial charge in [0.05, 0.1) is 5.41 Å². The van der Waals surface area contributed by atoms with Gasteiger partial charge in [-0.05, 0) is 39.8 Å². The van der Waals surface area contributed by atoms with E-state index in [-0.39, 0.29) is 5.41 Å². The molecular weight excluding hydrogens is 214 g/mol. The average molecular weight is 239 g/mol. The molecule has 1 amide bonds. The summed E-state index contributed by atoms with van der Waals surface area (Å²) in [6, 6.07) is 0. The summed E-state index contributed by atoms with van der Waals surface area (Å²) in [6.45, 7) is 9.93. The average Bonchev–Trinajstić information content (AvgIpc) is 2.62. The van der Waals surface area contributed by atoms with Gasteiger partial charge in [0, 0.05) is 32.7 Å². The molecule has 0 aliphatic carbocycles. The molecular formula is C13H25N3O. The minimum atomic E-state index is -0.249. The number of hydrogen-bond donors (Lipinski definition) is 1. The molecule has 4 heteroatoms. The summed E-state index contributed by atoms with van der Waals surface area (Å²) in [5, 5.41) is 3.36. The maximum absolute atomic E-state index is 12.4. The van der Waals surface area contributed by atoms with E-state index in [0.717, 1.165) is 32.7 Å². The predicted octanol–water partition coefficient (Wildman–Crippen LogP) is 0.396. The van der Waals surface area contributed by atoms with Crippen LogP contribution >= 0.6 is 0 Å². The van der Waals surface area contributed by atoms with Crippen LogP contribution in [0, 0.1) is 11.3 Å². The summed E-state index contributed by atoms with van der Waals surface area (Å²) < 4.78 is 0. The van der Waals surface area contributed by atoms with E-state index in [2.05, 4.69) is 22.2 Å². The zero-order chi connectivity index (χ0) is 12.5. The van der Waals surface area contributed by atoms with Crippen LogP contribution in [0.25, 0.3) is 0 Å². The molecule has 2 fully saturated rings. The molecule has 0 aromatic heterocycles. The molecule has 0 radical (unpaired) electrons. The van der Waals surface area contributed by atoms with Crippen molar-refractivity contribution >= 4 is 5.91 Å². The molecule has 2 heterocycles. The molecule has 17 heavy (non-hydrogen) atoms. The Morgan fingerprint density at radius 3 is 2.82 bits per heavy atom. The van der Waals surface area contributed by atoms with E-state index >= 15 is 0 Å². The molecule has 2 aliphatic rings. The summed E-state index contributed by atoms with van der Waals surface area (Å²) in [7, 11) is 2.16. The van der Waals surface area contributed by atoms with Crippen LogP contribution in [0.4, 0.5) is 0 Å². The van der Waals surface area contributed by atoms with E-state index in [1.807, 2.05) is 13.8 Å². The first-order valence-electron chi connectivity index (χ1n) is 6.68. The maximum atomic E-state index is 12.4. The molecule has 2 aliphatic heterocycles. The minimum Gasteiger partial charge on any atom is -0.341 e. The standard InChI is InChI=1S/C13H25N3O/c1-13(2)10-14-5-7-16(12(13)17)9-11-4-6-15(3)8-11/h11,14H,4-10H2,1-3H3. The molecule has 4 nitrogen and oxygen atoms in total. The summed E-state index contributed by atoms with van der Waals surface area (Å²) >= 11 is 0. The van der Waals surface area contributed by atoms with Gasteiger partial charge in [-0.1, -0.05) is 0 Å². The zero-order valence-corrected chi connectivity index (χ0v) is 11.3. The fraction of sp³-hybridized carbons (Fsp3) is 0.923. The fourth-order valence-corrected chi connectivity index (χ4v) is 2.88. The van der Waals surface area contributed by atoms with E-state index in [4.69, 9.17) is 0 Å². The third-order valence-electron chi connectivity index (χ3n) is 3.96. The highest BCUT2D eigenvalue weighted by Crippen LogP contribution is 2.22. The van der Waals surface area contributed by atoms with Crippen LogP contribution in [0.2, 0.25) is 0 Å². The van der Waals surface area contributed by atoms with Gasteiger partial charge in [-0.2, -0.15) is 0 Å². The van der Waals surface area contributed by atoms with Gasteiger partial charge in [0.2, 0.25) is 5.91 Å². The van der Waals surface area contributed by atoms with Crippen molar-refractivity contribution in [3.05, 3.63) is 0 Å². The lowest BCUT2D eigenvalue weighted by Crippen LogP contribution is -2.44. The van der Waals surface area contributed by atoms with Gasteiger partial charge in [-0.3, -0.25) is 4.79 Å². The highest BCUT2D eigenvalue weighted by molar-refractivity contribution is 5.82. The van der Waals surface area contributed by atoms with E-state index < -0.39 is 0 Å². The van der Waals surface area contributed by atoms with Crippen molar-refractivity contribution in [3.63, 3.8) is 0 Å². The number of carbonyl (C=O) groups excluding carboxylic acids is 1. The monoisotopic (exact) mass is 239 g/mol. The van der Waals surface area contributed by atoms with Crippen molar-refractivity contribution in [2.75, 3.05) is 46.3 Å². The summed E-state index contributed by atoms with van der Waals surface area (Å²) in [5.74, 6) is 0.981. The van der Waals surface area contributed by atoms with Crippen molar-refractivity contribution in [1.82, 2.24) is 15.1 Å². The molecule has 98 valence electrons. The van der Waals surface area contributed by atoms with Crippen molar-refractivity contribution in [1.29, 1.82) is 0 Å². The Morgan fingerprint density at radius 1 is 1.41 bits per heavy atom. The number of rotatable bonds is 2. The van der Waals surface area contributed by atoms with Gasteiger partial charge in [0.15, 0.2) is 0 Å². The Morgan fingerprint density at radius 2 is 2.18 bits per heavy atom. The highest BCUT2D eigenvalue weighted by atomic mass is 16.2. The van der Waals surface area contributed by atoms with Crippen molar-refractivity contribution in [3.8, 4) is 0 Å². The molecule has 1 atom stereocenters. The lowest BCUT2D eigenvalue weighted by Gasteiger charge is -2.30. The first kappa shape index (κ1) is 12.8. The molecule has 0 aromatic carbocycles. The van der Waals surface area contributed by atoms with Crippen LogP contribution in [0.15, 0.2) is 0 Å². The highest BCUT2D eigenvalue weighted by Gasteiger charge is 2.35. The number of nitrogens with zero attached hydrogens (tertiary/aromatic N) is 2. The number of likely N-dealkylation sites (tertiary alicyclic amines) is 1. The van der Waals surface area contributed by atoms with Gasteiger partial charge < -0.3 is 15.1 Å². The van der Waals surface area contributed by atoms with E-state index in [1.54, 1.807) is 0 Å². The number of carbonyl (C=O) groups is 1. The predicted molar refractivity (Wildman–Crippen MR) is 68.8 cm³/mol. The number of hydrogen-bond acceptors (Lipinski definition) is 3. The number of amides is 1. The fourth-order valence-electron chi connectivity index (χ4n) is 2.88. The first-order chi connectivity index (χ1) is 7.99.